The second-order valence-electron chi connectivity index (χ2n) is 3.96. The van der Waals surface area contributed by atoms with Crippen molar-refractivity contribution in [3.8, 4) is 5.75 Å². The third-order valence-electron chi connectivity index (χ3n) is 2.61. The van der Waals surface area contributed by atoms with E-state index in [2.05, 4.69) is 0 Å². The van der Waals surface area contributed by atoms with Gasteiger partial charge in [0.05, 0.1) is 19.2 Å². The Balaban J connectivity index is 2.90. The van der Waals surface area contributed by atoms with Crippen molar-refractivity contribution in [1.29, 1.82) is 0 Å². The normalized spacial score (nSPS) is 10.6. The van der Waals surface area contributed by atoms with Crippen molar-refractivity contribution in [3.05, 3.63) is 29.3 Å². The standard InChI is InChI=1S/C13H19NO2/c1-5-14(3)9-12(15)11-7-6-10(2)8-13(11)16-4/h6-8H,5,9H2,1-4H3. The number of carbonyl (C=O) groups is 1. The summed E-state index contributed by atoms with van der Waals surface area (Å²) in [5.74, 6) is 0.760. The van der Waals surface area contributed by atoms with Crippen molar-refractivity contribution in [2.24, 2.45) is 0 Å². The lowest BCUT2D eigenvalue weighted by Gasteiger charge is -2.14. The van der Waals surface area contributed by atoms with Crippen molar-refractivity contribution >= 4 is 5.78 Å². The molecule has 0 aliphatic heterocycles. The smallest absolute Gasteiger partial charge is 0.180 e. The molecular formula is C13H19NO2. The Hall–Kier alpha value is -1.35. The third kappa shape index (κ3) is 3.07. The predicted octanol–water partition coefficient (Wildman–Crippen LogP) is 2.14. The van der Waals surface area contributed by atoms with Gasteiger partial charge >= 0.3 is 0 Å². The van der Waals surface area contributed by atoms with Crippen LogP contribution in [0, 0.1) is 6.92 Å². The number of carbonyl (C=O) groups excluding carboxylic acids is 1. The second kappa shape index (κ2) is 5.66. The van der Waals surface area contributed by atoms with Crippen LogP contribution in [0.4, 0.5) is 0 Å². The van der Waals surface area contributed by atoms with Crippen LogP contribution in [-0.4, -0.2) is 37.9 Å². The van der Waals surface area contributed by atoms with Crippen molar-refractivity contribution in [3.63, 3.8) is 0 Å². The van der Waals surface area contributed by atoms with Gasteiger partial charge in [0.15, 0.2) is 5.78 Å². The molecule has 16 heavy (non-hydrogen) atoms. The Bertz CT molecular complexity index is 374. The zero-order valence-corrected chi connectivity index (χ0v) is 10.4. The van der Waals surface area contributed by atoms with Gasteiger partial charge in [0.25, 0.3) is 0 Å². The van der Waals surface area contributed by atoms with Gasteiger partial charge in [-0.2, -0.15) is 0 Å². The Morgan fingerprint density at radius 2 is 2.12 bits per heavy atom. The lowest BCUT2D eigenvalue weighted by Crippen LogP contribution is -2.25. The minimum absolute atomic E-state index is 0.0983. The van der Waals surface area contributed by atoms with Gasteiger partial charge in [0.2, 0.25) is 0 Å². The number of methoxy groups -OCH3 is 1. The largest absolute Gasteiger partial charge is 0.496 e. The molecule has 0 amide bonds. The van der Waals surface area contributed by atoms with E-state index in [1.165, 1.54) is 0 Å². The van der Waals surface area contributed by atoms with Crippen LogP contribution in [-0.2, 0) is 0 Å². The van der Waals surface area contributed by atoms with Gasteiger partial charge in [0, 0.05) is 0 Å². The summed E-state index contributed by atoms with van der Waals surface area (Å²) in [4.78, 5) is 14.0. The van der Waals surface area contributed by atoms with Gasteiger partial charge in [-0.15, -0.1) is 0 Å². The van der Waals surface area contributed by atoms with Crippen LogP contribution in [0.5, 0.6) is 5.75 Å². The maximum Gasteiger partial charge on any atom is 0.180 e. The summed E-state index contributed by atoms with van der Waals surface area (Å²) in [5.41, 5.74) is 1.76. The molecule has 0 aliphatic carbocycles. The number of rotatable bonds is 5. The molecule has 0 saturated carbocycles. The topological polar surface area (TPSA) is 29.5 Å². The Morgan fingerprint density at radius 1 is 1.44 bits per heavy atom. The van der Waals surface area contributed by atoms with E-state index >= 15 is 0 Å². The maximum absolute atomic E-state index is 12.0. The zero-order valence-electron chi connectivity index (χ0n) is 10.4. The number of ketones is 1. The lowest BCUT2D eigenvalue weighted by atomic mass is 10.1. The number of ether oxygens (including phenoxy) is 1. The van der Waals surface area contributed by atoms with E-state index in [0.29, 0.717) is 17.9 Å². The molecule has 0 unspecified atom stereocenters. The van der Waals surface area contributed by atoms with Gasteiger partial charge in [-0.25, -0.2) is 0 Å². The highest BCUT2D eigenvalue weighted by molar-refractivity contribution is 6.00. The molecule has 0 aromatic heterocycles. The van der Waals surface area contributed by atoms with Gasteiger partial charge in [-0.3, -0.25) is 9.69 Å². The molecule has 0 fully saturated rings. The first-order valence-corrected chi connectivity index (χ1v) is 5.44. The maximum atomic E-state index is 12.0. The van der Waals surface area contributed by atoms with E-state index in [1.54, 1.807) is 7.11 Å². The summed E-state index contributed by atoms with van der Waals surface area (Å²) >= 11 is 0. The predicted molar refractivity (Wildman–Crippen MR) is 65.2 cm³/mol. The fraction of sp³-hybridized carbons (Fsp3) is 0.462. The van der Waals surface area contributed by atoms with Crippen molar-refractivity contribution < 1.29 is 9.53 Å². The fourth-order valence-electron chi connectivity index (χ4n) is 1.47. The van der Waals surface area contributed by atoms with Crippen LogP contribution in [0.3, 0.4) is 0 Å². The van der Waals surface area contributed by atoms with Crippen molar-refractivity contribution in [2.45, 2.75) is 13.8 Å². The Kier molecular flexibility index (Phi) is 4.50. The monoisotopic (exact) mass is 221 g/mol. The van der Waals surface area contributed by atoms with Crippen molar-refractivity contribution in [2.75, 3.05) is 27.2 Å². The molecule has 3 nitrogen and oxygen atoms in total. The second-order valence-corrected chi connectivity index (χ2v) is 3.96. The van der Waals surface area contributed by atoms with E-state index in [-0.39, 0.29) is 5.78 Å². The Labute approximate surface area is 97.0 Å². The molecule has 88 valence electrons. The minimum Gasteiger partial charge on any atom is -0.496 e. The number of hydrogen-bond acceptors (Lipinski definition) is 3. The highest BCUT2D eigenvalue weighted by atomic mass is 16.5. The number of benzene rings is 1. The number of nitrogens with zero attached hydrogens (tertiary/aromatic N) is 1. The summed E-state index contributed by atoms with van der Waals surface area (Å²) in [5, 5.41) is 0. The summed E-state index contributed by atoms with van der Waals surface area (Å²) in [6.07, 6.45) is 0. The van der Waals surface area contributed by atoms with Crippen LogP contribution >= 0.6 is 0 Å². The third-order valence-corrected chi connectivity index (χ3v) is 2.61. The molecule has 0 spiro atoms. The molecule has 1 rings (SSSR count). The molecule has 0 saturated heterocycles. The molecule has 0 bridgehead atoms. The number of aryl methyl sites for hydroxylation is 1. The highest BCUT2D eigenvalue weighted by Crippen LogP contribution is 2.20. The van der Waals surface area contributed by atoms with Crippen LogP contribution in [0.15, 0.2) is 18.2 Å². The molecular weight excluding hydrogens is 202 g/mol. The lowest BCUT2D eigenvalue weighted by molar-refractivity contribution is 0.0946. The van der Waals surface area contributed by atoms with Gasteiger partial charge in [-0.05, 0) is 38.2 Å². The van der Waals surface area contributed by atoms with Crippen LogP contribution in [0.25, 0.3) is 0 Å². The van der Waals surface area contributed by atoms with Crippen LogP contribution in [0.1, 0.15) is 22.8 Å². The molecule has 0 N–H and O–H groups in total. The summed E-state index contributed by atoms with van der Waals surface area (Å²) < 4.78 is 5.22. The quantitative estimate of drug-likeness (QED) is 0.713. The average Bonchev–Trinajstić information content (AvgIpc) is 2.28. The summed E-state index contributed by atoms with van der Waals surface area (Å²) in [6, 6.07) is 5.65. The van der Waals surface area contributed by atoms with E-state index in [1.807, 2.05) is 44.0 Å². The van der Waals surface area contributed by atoms with E-state index in [4.69, 9.17) is 4.74 Å². The fourth-order valence-corrected chi connectivity index (χ4v) is 1.47. The SMILES string of the molecule is CCN(C)CC(=O)c1ccc(C)cc1OC. The summed E-state index contributed by atoms with van der Waals surface area (Å²) in [7, 11) is 3.52. The zero-order chi connectivity index (χ0) is 12.1. The van der Waals surface area contributed by atoms with Gasteiger partial charge in [-0.1, -0.05) is 13.0 Å². The molecule has 0 heterocycles. The molecule has 0 aliphatic rings. The number of likely N-dealkylation sites (N-methyl/N-ethyl adjacent to an activating group) is 1. The minimum atomic E-state index is 0.0983. The van der Waals surface area contributed by atoms with E-state index in [9.17, 15) is 4.79 Å². The number of Topliss-reactive ketones (excluding diaryl/α,β-unsaturated/α-hetero) is 1. The van der Waals surface area contributed by atoms with Crippen LogP contribution < -0.4 is 4.74 Å². The van der Waals surface area contributed by atoms with E-state index < -0.39 is 0 Å². The van der Waals surface area contributed by atoms with Gasteiger partial charge in [0.1, 0.15) is 5.75 Å². The molecule has 1 aromatic rings. The van der Waals surface area contributed by atoms with Crippen LogP contribution in [0.2, 0.25) is 0 Å². The number of hydrogen-bond donors (Lipinski definition) is 0. The molecule has 0 radical (unpaired) electrons. The molecule has 1 aromatic carbocycles. The summed E-state index contributed by atoms with van der Waals surface area (Å²) in [6.45, 7) is 5.30. The first-order chi connectivity index (χ1) is 7.58. The van der Waals surface area contributed by atoms with Crippen molar-refractivity contribution in [1.82, 2.24) is 4.90 Å². The average molecular weight is 221 g/mol. The Morgan fingerprint density at radius 3 is 2.69 bits per heavy atom. The van der Waals surface area contributed by atoms with E-state index in [0.717, 1.165) is 12.1 Å². The van der Waals surface area contributed by atoms with Gasteiger partial charge < -0.3 is 4.74 Å². The molecule has 0 atom stereocenters. The highest BCUT2D eigenvalue weighted by Gasteiger charge is 2.13. The first-order valence-electron chi connectivity index (χ1n) is 5.44. The first kappa shape index (κ1) is 12.7. The molecule has 3 heteroatoms.